The van der Waals surface area contributed by atoms with Gasteiger partial charge in [0.1, 0.15) is 0 Å². The van der Waals surface area contributed by atoms with E-state index in [1.807, 2.05) is 31.2 Å². The van der Waals surface area contributed by atoms with E-state index in [9.17, 15) is 13.9 Å². The predicted molar refractivity (Wildman–Crippen MR) is 72.2 cm³/mol. The van der Waals surface area contributed by atoms with Gasteiger partial charge in [-0.3, -0.25) is 0 Å². The number of halogens is 2. The van der Waals surface area contributed by atoms with Crippen LogP contribution in [0.4, 0.5) is 8.78 Å². The number of benzene rings is 2. The Labute approximate surface area is 115 Å². The number of rotatable bonds is 4. The van der Waals surface area contributed by atoms with Crippen LogP contribution in [0.3, 0.4) is 0 Å². The third kappa shape index (κ3) is 3.33. The molecule has 2 rings (SSSR count). The zero-order valence-electron chi connectivity index (χ0n) is 10.4. The van der Waals surface area contributed by atoms with Gasteiger partial charge in [0, 0.05) is 9.79 Å². The molecule has 0 amide bonds. The van der Waals surface area contributed by atoms with Crippen molar-refractivity contribution in [2.24, 2.45) is 0 Å². The fraction of sp³-hybridized carbons (Fsp3) is 0.200. The van der Waals surface area contributed by atoms with E-state index in [0.29, 0.717) is 11.3 Å². The van der Waals surface area contributed by atoms with Crippen molar-refractivity contribution in [2.75, 3.05) is 0 Å². The number of aliphatic hydroxyl groups excluding tert-OH is 1. The lowest BCUT2D eigenvalue weighted by atomic mass is 10.1. The van der Waals surface area contributed by atoms with Crippen molar-refractivity contribution in [3.05, 3.63) is 59.7 Å². The van der Waals surface area contributed by atoms with Gasteiger partial charge in [0.05, 0.1) is 6.10 Å². The van der Waals surface area contributed by atoms with E-state index in [-0.39, 0.29) is 0 Å². The van der Waals surface area contributed by atoms with E-state index < -0.39 is 17.7 Å². The van der Waals surface area contributed by atoms with Gasteiger partial charge < -0.3 is 5.11 Å². The smallest absolute Gasteiger partial charge is 0.159 e. The maximum Gasteiger partial charge on any atom is 0.159 e. The first-order valence-electron chi connectivity index (χ1n) is 6.01. The molecule has 0 unspecified atom stereocenters. The van der Waals surface area contributed by atoms with Gasteiger partial charge in [0.15, 0.2) is 11.6 Å². The van der Waals surface area contributed by atoms with Gasteiger partial charge in [-0.05, 0) is 36.2 Å². The minimum absolute atomic E-state index is 0.547. The highest BCUT2D eigenvalue weighted by Crippen LogP contribution is 2.34. The Kier molecular flexibility index (Phi) is 4.56. The molecule has 19 heavy (non-hydrogen) atoms. The van der Waals surface area contributed by atoms with E-state index in [1.165, 1.54) is 17.8 Å². The van der Waals surface area contributed by atoms with Gasteiger partial charge in [0.2, 0.25) is 0 Å². The second-order valence-electron chi connectivity index (χ2n) is 4.14. The molecule has 1 N–H and O–H groups in total. The predicted octanol–water partition coefficient (Wildman–Crippen LogP) is 4.56. The summed E-state index contributed by atoms with van der Waals surface area (Å²) in [6.07, 6.45) is 0.0593. The van der Waals surface area contributed by atoms with Crippen LogP contribution in [0.25, 0.3) is 0 Å². The molecule has 0 saturated carbocycles. The molecule has 4 heteroatoms. The summed E-state index contributed by atoms with van der Waals surface area (Å²) in [6, 6.07) is 11.2. The van der Waals surface area contributed by atoms with Gasteiger partial charge in [0.25, 0.3) is 0 Å². The topological polar surface area (TPSA) is 20.2 Å². The molecule has 2 aromatic rings. The summed E-state index contributed by atoms with van der Waals surface area (Å²) in [5, 5.41) is 9.94. The molecular weight excluding hydrogens is 266 g/mol. The highest BCUT2D eigenvalue weighted by Gasteiger charge is 2.12. The molecule has 0 aliphatic carbocycles. The quantitative estimate of drug-likeness (QED) is 0.886. The zero-order valence-corrected chi connectivity index (χ0v) is 11.3. The molecule has 0 fully saturated rings. The van der Waals surface area contributed by atoms with E-state index >= 15 is 0 Å². The van der Waals surface area contributed by atoms with Crippen LogP contribution in [-0.2, 0) is 0 Å². The van der Waals surface area contributed by atoms with Gasteiger partial charge in [-0.2, -0.15) is 0 Å². The number of hydrogen-bond donors (Lipinski definition) is 1. The molecule has 0 saturated heterocycles. The minimum Gasteiger partial charge on any atom is -0.388 e. The first-order valence-corrected chi connectivity index (χ1v) is 6.83. The van der Waals surface area contributed by atoms with E-state index in [1.54, 1.807) is 0 Å². The third-order valence-corrected chi connectivity index (χ3v) is 3.86. The molecule has 100 valence electrons. The van der Waals surface area contributed by atoms with Gasteiger partial charge in [-0.1, -0.05) is 36.9 Å². The Bertz CT molecular complexity index is 572. The molecular formula is C15H14F2OS. The molecule has 0 bridgehead atoms. The normalized spacial score (nSPS) is 12.4. The van der Waals surface area contributed by atoms with Crippen LogP contribution >= 0.6 is 11.8 Å². The summed E-state index contributed by atoms with van der Waals surface area (Å²) < 4.78 is 26.0. The molecule has 0 heterocycles. The highest BCUT2D eigenvalue weighted by atomic mass is 32.2. The van der Waals surface area contributed by atoms with Crippen molar-refractivity contribution in [1.82, 2.24) is 0 Å². The largest absolute Gasteiger partial charge is 0.388 e. The van der Waals surface area contributed by atoms with E-state index in [2.05, 4.69) is 0 Å². The maximum absolute atomic E-state index is 13.2. The van der Waals surface area contributed by atoms with Crippen LogP contribution in [0.15, 0.2) is 52.3 Å². The Hall–Kier alpha value is -1.39. The molecule has 1 nitrogen and oxygen atoms in total. The SMILES string of the molecule is CC[C@@H](O)c1ccccc1Sc1ccc(F)c(F)c1. The van der Waals surface area contributed by atoms with Crippen molar-refractivity contribution < 1.29 is 13.9 Å². The lowest BCUT2D eigenvalue weighted by Crippen LogP contribution is -1.97. The van der Waals surface area contributed by atoms with Crippen molar-refractivity contribution >= 4 is 11.8 Å². The lowest BCUT2D eigenvalue weighted by molar-refractivity contribution is 0.171. The van der Waals surface area contributed by atoms with Crippen molar-refractivity contribution in [3.63, 3.8) is 0 Å². The number of hydrogen-bond acceptors (Lipinski definition) is 2. The van der Waals surface area contributed by atoms with Crippen LogP contribution in [0.1, 0.15) is 25.0 Å². The van der Waals surface area contributed by atoms with Crippen LogP contribution in [0.5, 0.6) is 0 Å². The summed E-state index contributed by atoms with van der Waals surface area (Å²) in [5.74, 6) is -1.72. The Balaban J connectivity index is 2.30. The molecule has 0 aromatic heterocycles. The minimum atomic E-state index is -0.862. The van der Waals surface area contributed by atoms with Crippen molar-refractivity contribution in [2.45, 2.75) is 29.2 Å². The average Bonchev–Trinajstić information content (AvgIpc) is 2.43. The second kappa shape index (κ2) is 6.17. The molecule has 0 spiro atoms. The van der Waals surface area contributed by atoms with E-state index in [4.69, 9.17) is 0 Å². The van der Waals surface area contributed by atoms with Gasteiger partial charge >= 0.3 is 0 Å². The standard InChI is InChI=1S/C15H14F2OS/c1-2-14(18)11-5-3-4-6-15(11)19-10-7-8-12(16)13(17)9-10/h3-9,14,18H,2H2,1H3/t14-/m1/s1. The first kappa shape index (κ1) is 14.0. The van der Waals surface area contributed by atoms with Crippen LogP contribution in [-0.4, -0.2) is 5.11 Å². The summed E-state index contributed by atoms with van der Waals surface area (Å²) in [4.78, 5) is 1.46. The van der Waals surface area contributed by atoms with Crippen molar-refractivity contribution in [3.8, 4) is 0 Å². The molecule has 0 aliphatic rings. The summed E-state index contributed by atoms with van der Waals surface area (Å²) >= 11 is 1.31. The van der Waals surface area contributed by atoms with Gasteiger partial charge in [-0.15, -0.1) is 0 Å². The maximum atomic E-state index is 13.2. The van der Waals surface area contributed by atoms with Crippen molar-refractivity contribution in [1.29, 1.82) is 0 Å². The highest BCUT2D eigenvalue weighted by molar-refractivity contribution is 7.99. The second-order valence-corrected chi connectivity index (χ2v) is 5.26. The van der Waals surface area contributed by atoms with Gasteiger partial charge in [-0.25, -0.2) is 8.78 Å². The summed E-state index contributed by atoms with van der Waals surface area (Å²) in [6.45, 7) is 1.89. The summed E-state index contributed by atoms with van der Waals surface area (Å²) in [5.41, 5.74) is 0.805. The Morgan fingerprint density at radius 3 is 2.53 bits per heavy atom. The average molecular weight is 280 g/mol. The first-order chi connectivity index (χ1) is 9.11. The molecule has 0 radical (unpaired) electrons. The van der Waals surface area contributed by atoms with Crippen LogP contribution < -0.4 is 0 Å². The molecule has 1 atom stereocenters. The Morgan fingerprint density at radius 1 is 1.11 bits per heavy atom. The van der Waals surface area contributed by atoms with Crippen LogP contribution in [0, 0.1) is 11.6 Å². The fourth-order valence-electron chi connectivity index (χ4n) is 1.74. The zero-order chi connectivity index (χ0) is 13.8. The van der Waals surface area contributed by atoms with Crippen LogP contribution in [0.2, 0.25) is 0 Å². The fourth-order valence-corrected chi connectivity index (χ4v) is 2.76. The summed E-state index contributed by atoms with van der Waals surface area (Å²) in [7, 11) is 0. The lowest BCUT2D eigenvalue weighted by Gasteiger charge is -2.13. The molecule has 0 aliphatic heterocycles. The third-order valence-electron chi connectivity index (χ3n) is 2.78. The monoisotopic (exact) mass is 280 g/mol. The molecule has 2 aromatic carbocycles. The Morgan fingerprint density at radius 2 is 1.84 bits per heavy atom. The van der Waals surface area contributed by atoms with E-state index in [0.717, 1.165) is 22.6 Å². The number of aliphatic hydroxyl groups is 1.